The third-order valence-corrected chi connectivity index (χ3v) is 6.27. The van der Waals surface area contributed by atoms with E-state index in [4.69, 9.17) is 23.2 Å². The third-order valence-electron chi connectivity index (χ3n) is 5.06. The molecule has 2 N–H and O–H groups in total. The van der Waals surface area contributed by atoms with E-state index in [0.717, 1.165) is 10.0 Å². The van der Waals surface area contributed by atoms with Crippen LogP contribution < -0.4 is 0 Å². The van der Waals surface area contributed by atoms with E-state index in [1.165, 1.54) is 12.1 Å². The molecule has 0 radical (unpaired) electrons. The average molecular weight is 537 g/mol. The highest BCUT2D eigenvalue weighted by Gasteiger charge is 2.17. The van der Waals surface area contributed by atoms with Gasteiger partial charge in [0.2, 0.25) is 0 Å². The molecular weight excluding hydrogens is 517 g/mol. The molecule has 32 heavy (non-hydrogen) atoms. The first-order chi connectivity index (χ1) is 15.3. The Labute approximate surface area is 204 Å². The summed E-state index contributed by atoms with van der Waals surface area (Å²) in [5.41, 5.74) is 2.25. The maximum atomic E-state index is 11.3. The highest BCUT2D eigenvalue weighted by molar-refractivity contribution is 9.10. The van der Waals surface area contributed by atoms with Crippen molar-refractivity contribution in [2.45, 2.75) is 19.5 Å². The number of carbonyl (C=O) groups is 2. The number of hydrogen-bond donors (Lipinski definition) is 2. The highest BCUT2D eigenvalue weighted by Crippen LogP contribution is 2.31. The summed E-state index contributed by atoms with van der Waals surface area (Å²) in [6, 6.07) is 13.8. The zero-order chi connectivity index (χ0) is 23.3. The summed E-state index contributed by atoms with van der Waals surface area (Å²) >= 11 is 15.8. The van der Waals surface area contributed by atoms with Gasteiger partial charge in [0.25, 0.3) is 0 Å². The molecule has 3 aromatic carbocycles. The van der Waals surface area contributed by atoms with Crippen LogP contribution in [0.25, 0.3) is 0 Å². The lowest BCUT2D eigenvalue weighted by atomic mass is 10.1. The fraction of sp³-hybridized carbons (Fsp3) is 0.167. The van der Waals surface area contributed by atoms with Gasteiger partial charge in [-0.3, -0.25) is 14.5 Å². The number of nitrogens with zero attached hydrogens (tertiary/aromatic N) is 1. The van der Waals surface area contributed by atoms with E-state index in [9.17, 15) is 19.8 Å². The predicted molar refractivity (Wildman–Crippen MR) is 129 cm³/mol. The monoisotopic (exact) mass is 535 g/mol. The van der Waals surface area contributed by atoms with Gasteiger partial charge in [-0.05, 0) is 42.3 Å². The number of rotatable bonds is 9. The molecule has 0 aliphatic carbocycles. The second kappa shape index (κ2) is 11.0. The smallest absolute Gasteiger partial charge is 0.153 e. The fourth-order valence-corrected chi connectivity index (χ4v) is 4.44. The first-order valence-corrected chi connectivity index (χ1v) is 11.3. The van der Waals surface area contributed by atoms with E-state index in [0.29, 0.717) is 46.7 Å². The Bertz CT molecular complexity index is 1090. The Hall–Kier alpha value is -2.38. The number of hydrogen-bond acceptors (Lipinski definition) is 5. The van der Waals surface area contributed by atoms with Crippen molar-refractivity contribution in [3.63, 3.8) is 0 Å². The molecule has 3 rings (SSSR count). The van der Waals surface area contributed by atoms with Crippen LogP contribution in [0.4, 0.5) is 0 Å². The fourth-order valence-electron chi connectivity index (χ4n) is 3.45. The van der Waals surface area contributed by atoms with Gasteiger partial charge in [-0.1, -0.05) is 57.3 Å². The van der Waals surface area contributed by atoms with E-state index in [-0.39, 0.29) is 35.7 Å². The Balaban J connectivity index is 1.94. The normalized spacial score (nSPS) is 11.0. The predicted octanol–water partition coefficient (Wildman–Crippen LogP) is 6.04. The minimum atomic E-state index is -0.140. The van der Waals surface area contributed by atoms with Crippen LogP contribution in [0.1, 0.15) is 37.4 Å². The number of aromatic hydroxyl groups is 2. The SMILES string of the molecule is O=Cc1cc(Cl)cc(CN(CCc2ccccc2Br)Cc2cc(Cl)cc(C=O)c2O)c1O. The van der Waals surface area contributed by atoms with Crippen LogP contribution in [0.15, 0.2) is 53.0 Å². The summed E-state index contributed by atoms with van der Waals surface area (Å²) in [5.74, 6) is -0.279. The summed E-state index contributed by atoms with van der Waals surface area (Å²) in [7, 11) is 0. The van der Waals surface area contributed by atoms with Gasteiger partial charge in [0, 0.05) is 45.3 Å². The maximum absolute atomic E-state index is 11.3. The molecule has 0 saturated heterocycles. The van der Waals surface area contributed by atoms with E-state index in [1.54, 1.807) is 12.1 Å². The lowest BCUT2D eigenvalue weighted by molar-refractivity contribution is 0.111. The topological polar surface area (TPSA) is 77.8 Å². The van der Waals surface area contributed by atoms with Crippen molar-refractivity contribution in [3.05, 3.63) is 90.9 Å². The van der Waals surface area contributed by atoms with Crippen LogP contribution >= 0.6 is 39.1 Å². The summed E-state index contributed by atoms with van der Waals surface area (Å²) < 4.78 is 0.975. The van der Waals surface area contributed by atoms with E-state index in [2.05, 4.69) is 15.9 Å². The molecule has 0 fully saturated rings. The number of benzene rings is 3. The molecule has 0 atom stereocenters. The molecule has 0 unspecified atom stereocenters. The second-order valence-corrected chi connectivity index (χ2v) is 9.02. The van der Waals surface area contributed by atoms with E-state index in [1.807, 2.05) is 29.2 Å². The van der Waals surface area contributed by atoms with Crippen LogP contribution in [0.3, 0.4) is 0 Å². The van der Waals surface area contributed by atoms with Gasteiger partial charge in [0.05, 0.1) is 11.1 Å². The number of phenolic OH excluding ortho intramolecular Hbond substituents is 2. The number of aldehydes is 2. The molecular formula is C24H20BrCl2NO4. The first-order valence-electron chi connectivity index (χ1n) is 9.71. The van der Waals surface area contributed by atoms with Crippen LogP contribution in [0.2, 0.25) is 10.0 Å². The van der Waals surface area contributed by atoms with E-state index >= 15 is 0 Å². The molecule has 0 aliphatic heterocycles. The van der Waals surface area contributed by atoms with Crippen LogP contribution in [0, 0.1) is 0 Å². The zero-order valence-electron chi connectivity index (χ0n) is 16.9. The van der Waals surface area contributed by atoms with Crippen LogP contribution in [0.5, 0.6) is 11.5 Å². The van der Waals surface area contributed by atoms with Gasteiger partial charge in [-0.2, -0.15) is 0 Å². The molecule has 0 aromatic heterocycles. The van der Waals surface area contributed by atoms with Crippen molar-refractivity contribution in [2.24, 2.45) is 0 Å². The largest absolute Gasteiger partial charge is 0.507 e. The molecule has 166 valence electrons. The molecule has 3 aromatic rings. The Morgan fingerprint density at radius 3 is 1.78 bits per heavy atom. The Morgan fingerprint density at radius 1 is 0.812 bits per heavy atom. The average Bonchev–Trinajstić information content (AvgIpc) is 2.77. The number of carbonyl (C=O) groups excluding carboxylic acids is 2. The highest BCUT2D eigenvalue weighted by atomic mass is 79.9. The number of phenols is 2. The van der Waals surface area contributed by atoms with Crippen LogP contribution in [-0.4, -0.2) is 34.2 Å². The number of halogens is 3. The van der Waals surface area contributed by atoms with Crippen molar-refractivity contribution in [2.75, 3.05) is 6.54 Å². The molecule has 5 nitrogen and oxygen atoms in total. The van der Waals surface area contributed by atoms with Crippen molar-refractivity contribution in [1.82, 2.24) is 4.90 Å². The van der Waals surface area contributed by atoms with Gasteiger partial charge in [0.15, 0.2) is 12.6 Å². The van der Waals surface area contributed by atoms with Crippen molar-refractivity contribution >= 4 is 51.7 Å². The standard InChI is InChI=1S/C24H20BrCl2NO4/c25-22-4-2-1-3-15(22)5-6-28(11-16-7-20(26)9-18(13-29)23(16)31)12-17-8-21(27)10-19(14-30)24(17)32/h1-4,7-10,13-14,31-32H,5-6,11-12H2. The van der Waals surface area contributed by atoms with Crippen molar-refractivity contribution in [1.29, 1.82) is 0 Å². The molecule has 0 aliphatic rings. The van der Waals surface area contributed by atoms with Crippen LogP contribution in [-0.2, 0) is 19.5 Å². The van der Waals surface area contributed by atoms with Gasteiger partial charge >= 0.3 is 0 Å². The zero-order valence-corrected chi connectivity index (χ0v) is 20.0. The van der Waals surface area contributed by atoms with Gasteiger partial charge < -0.3 is 10.2 Å². The van der Waals surface area contributed by atoms with Gasteiger partial charge in [0.1, 0.15) is 11.5 Å². The summed E-state index contributed by atoms with van der Waals surface area (Å²) in [4.78, 5) is 24.6. The van der Waals surface area contributed by atoms with Gasteiger partial charge in [-0.25, -0.2) is 0 Å². The Morgan fingerprint density at radius 2 is 1.31 bits per heavy atom. The van der Waals surface area contributed by atoms with Crippen molar-refractivity contribution < 1.29 is 19.8 Å². The van der Waals surface area contributed by atoms with Gasteiger partial charge in [-0.15, -0.1) is 0 Å². The minimum absolute atomic E-state index is 0.104. The summed E-state index contributed by atoms with van der Waals surface area (Å²) in [6.07, 6.45) is 1.77. The molecule has 0 amide bonds. The third kappa shape index (κ3) is 5.90. The van der Waals surface area contributed by atoms with Crippen molar-refractivity contribution in [3.8, 4) is 11.5 Å². The molecule has 0 saturated carbocycles. The summed E-state index contributed by atoms with van der Waals surface area (Å²) in [5, 5.41) is 21.7. The summed E-state index contributed by atoms with van der Waals surface area (Å²) in [6.45, 7) is 1.05. The molecule has 0 spiro atoms. The maximum Gasteiger partial charge on any atom is 0.153 e. The Kier molecular flexibility index (Phi) is 8.32. The molecule has 8 heteroatoms. The van der Waals surface area contributed by atoms with E-state index < -0.39 is 0 Å². The quantitative estimate of drug-likeness (QED) is 0.326. The second-order valence-electron chi connectivity index (χ2n) is 7.29. The lowest BCUT2D eigenvalue weighted by Gasteiger charge is -2.24. The molecule has 0 heterocycles. The minimum Gasteiger partial charge on any atom is -0.507 e. The molecule has 0 bridgehead atoms. The first kappa shape index (κ1) is 24.3. The lowest BCUT2D eigenvalue weighted by Crippen LogP contribution is -2.26.